The average Bonchev–Trinajstić information content (AvgIpc) is 3.14. The van der Waals surface area contributed by atoms with E-state index in [-0.39, 0.29) is 19.4 Å². The van der Waals surface area contributed by atoms with E-state index in [1.54, 1.807) is 0 Å². The van der Waals surface area contributed by atoms with Crippen molar-refractivity contribution in [3.63, 3.8) is 0 Å². The molecule has 0 spiro atoms. The van der Waals surface area contributed by atoms with Gasteiger partial charge < -0.3 is 24.6 Å². The number of esters is 2. The summed E-state index contributed by atoms with van der Waals surface area (Å²) in [6.07, 6.45) is 40.5. The van der Waals surface area contributed by atoms with Gasteiger partial charge in [0.25, 0.3) is 0 Å². The Morgan fingerprint density at radius 2 is 1.00 bits per heavy atom. The zero-order valence-corrected chi connectivity index (χ0v) is 33.9. The van der Waals surface area contributed by atoms with Gasteiger partial charge in [0.1, 0.15) is 12.7 Å². The largest absolute Gasteiger partial charge is 0.472 e. The van der Waals surface area contributed by atoms with Gasteiger partial charge in [0.15, 0.2) is 6.10 Å². The Balaban J connectivity index is 4.38. The Morgan fingerprint density at radius 3 is 1.57 bits per heavy atom. The highest BCUT2D eigenvalue weighted by molar-refractivity contribution is 7.47. The predicted octanol–water partition coefficient (Wildman–Crippen LogP) is 10.3. The summed E-state index contributed by atoms with van der Waals surface area (Å²) in [6.45, 7) is 2.24. The van der Waals surface area contributed by atoms with Crippen molar-refractivity contribution in [3.05, 3.63) is 60.8 Å². The maximum Gasteiger partial charge on any atom is 0.472 e. The lowest BCUT2D eigenvalue weighted by molar-refractivity contribution is -0.161. The van der Waals surface area contributed by atoms with Gasteiger partial charge in [-0.2, -0.15) is 0 Å². The molecule has 1 unspecified atom stereocenters. The average molecular weight is 769 g/mol. The highest BCUT2D eigenvalue weighted by atomic mass is 31.2. The molecule has 306 valence electrons. The van der Waals surface area contributed by atoms with Crippen molar-refractivity contribution in [1.29, 1.82) is 0 Å². The number of carbonyl (C=O) groups is 2. The molecular weight excluding hydrogens is 695 g/mol. The number of unbranched alkanes of at least 4 members (excludes halogenated alkanes) is 13. The zero-order chi connectivity index (χ0) is 39.1. The van der Waals surface area contributed by atoms with Crippen LogP contribution >= 0.6 is 7.82 Å². The number of ether oxygens (including phenoxy) is 2. The lowest BCUT2D eigenvalue weighted by atomic mass is 10.1. The Morgan fingerprint density at radius 1 is 0.566 bits per heavy atom. The summed E-state index contributed by atoms with van der Waals surface area (Å²) in [5.74, 6) is -0.978. The highest BCUT2D eigenvalue weighted by Gasteiger charge is 2.27. The number of allylic oxidation sites excluding steroid dienone is 10. The first-order valence-electron chi connectivity index (χ1n) is 20.2. The first-order valence-corrected chi connectivity index (χ1v) is 21.7. The maximum absolute atomic E-state index is 12.5. The van der Waals surface area contributed by atoms with E-state index in [2.05, 4.69) is 79.1 Å². The van der Waals surface area contributed by atoms with E-state index in [4.69, 9.17) is 19.1 Å². The van der Waals surface area contributed by atoms with Gasteiger partial charge in [0, 0.05) is 12.8 Å². The molecule has 3 N–H and O–H groups in total. The van der Waals surface area contributed by atoms with Gasteiger partial charge >= 0.3 is 19.8 Å². The summed E-state index contributed by atoms with van der Waals surface area (Å²) in [7, 11) is -4.62. The summed E-state index contributed by atoms with van der Waals surface area (Å²) in [6, 6.07) is 0. The van der Waals surface area contributed by atoms with Crippen LogP contribution in [-0.2, 0) is 32.7 Å². The SMILES string of the molecule is CCCC/C=C\CCCCCCCC(=O)O[C@H](COC(=O)CCCCC/C=C\C/C=C\C/C=C\C/C=C\CCCCC)COP(=O)(O)OC[C@@H](O)CO. The second-order valence-electron chi connectivity index (χ2n) is 13.3. The molecule has 0 heterocycles. The molecule has 0 bridgehead atoms. The molecule has 53 heavy (non-hydrogen) atoms. The smallest absolute Gasteiger partial charge is 0.462 e. The fourth-order valence-corrected chi connectivity index (χ4v) is 5.74. The highest BCUT2D eigenvalue weighted by Crippen LogP contribution is 2.43. The van der Waals surface area contributed by atoms with E-state index in [0.29, 0.717) is 12.8 Å². The van der Waals surface area contributed by atoms with Crippen LogP contribution in [0.15, 0.2) is 60.8 Å². The zero-order valence-electron chi connectivity index (χ0n) is 33.0. The quantitative estimate of drug-likeness (QED) is 0.0241. The van der Waals surface area contributed by atoms with Crippen LogP contribution in [-0.4, -0.2) is 65.7 Å². The number of hydrogen-bond acceptors (Lipinski definition) is 9. The van der Waals surface area contributed by atoms with Crippen LogP contribution in [0.3, 0.4) is 0 Å². The Hall–Kier alpha value is -2.33. The third kappa shape index (κ3) is 37.8. The predicted molar refractivity (Wildman–Crippen MR) is 214 cm³/mol. The van der Waals surface area contributed by atoms with Gasteiger partial charge in [-0.05, 0) is 77.0 Å². The van der Waals surface area contributed by atoms with Crippen molar-refractivity contribution < 1.29 is 47.8 Å². The van der Waals surface area contributed by atoms with Crippen molar-refractivity contribution in [2.45, 2.75) is 167 Å². The molecule has 0 aliphatic carbocycles. The third-order valence-corrected chi connectivity index (χ3v) is 9.10. The van der Waals surface area contributed by atoms with Crippen molar-refractivity contribution in [1.82, 2.24) is 0 Å². The van der Waals surface area contributed by atoms with E-state index in [9.17, 15) is 24.2 Å². The number of aliphatic hydroxyl groups excluding tert-OH is 2. The molecule has 0 aliphatic rings. The van der Waals surface area contributed by atoms with E-state index in [0.717, 1.165) is 77.0 Å². The molecule has 0 aliphatic heterocycles. The molecule has 0 saturated heterocycles. The standard InChI is InChI=1S/C42H73O10P/c1-3-5-7-9-11-13-15-16-17-18-19-20-21-22-24-25-27-29-31-33-41(45)49-37-40(38-51-53(47,48)50-36-39(44)35-43)52-42(46)34-32-30-28-26-23-14-12-10-8-6-4-2/h10-13,16-17,19-20,22,24,39-40,43-44H,3-9,14-15,18,21,23,25-38H2,1-2H3,(H,47,48)/b12-10-,13-11-,17-16-,20-19-,24-22-/t39-,40+/m0/s1. The second-order valence-corrected chi connectivity index (χ2v) is 14.8. The van der Waals surface area contributed by atoms with Gasteiger partial charge in [-0.1, -0.05) is 126 Å². The normalized spacial score (nSPS) is 14.6. The molecule has 3 atom stereocenters. The summed E-state index contributed by atoms with van der Waals surface area (Å²) in [4.78, 5) is 34.8. The van der Waals surface area contributed by atoms with Gasteiger partial charge in [-0.15, -0.1) is 0 Å². The number of phosphoric acid groups is 1. The first-order chi connectivity index (χ1) is 25.7. The monoisotopic (exact) mass is 768 g/mol. The molecule has 0 amide bonds. The van der Waals surface area contributed by atoms with E-state index >= 15 is 0 Å². The first kappa shape index (κ1) is 50.7. The third-order valence-electron chi connectivity index (χ3n) is 8.14. The van der Waals surface area contributed by atoms with Crippen LogP contribution in [0.5, 0.6) is 0 Å². The van der Waals surface area contributed by atoms with Crippen LogP contribution in [0.1, 0.15) is 155 Å². The van der Waals surface area contributed by atoms with Crippen molar-refractivity contribution >= 4 is 19.8 Å². The number of hydrogen-bond donors (Lipinski definition) is 3. The van der Waals surface area contributed by atoms with E-state index in [1.807, 2.05) is 0 Å². The van der Waals surface area contributed by atoms with Crippen molar-refractivity contribution in [2.75, 3.05) is 26.4 Å². The van der Waals surface area contributed by atoms with Gasteiger partial charge in [-0.25, -0.2) is 4.57 Å². The van der Waals surface area contributed by atoms with Crippen LogP contribution in [0.25, 0.3) is 0 Å². The minimum Gasteiger partial charge on any atom is -0.462 e. The second kappa shape index (κ2) is 38.0. The molecule has 0 saturated carbocycles. The number of aliphatic hydroxyl groups is 2. The van der Waals surface area contributed by atoms with Crippen molar-refractivity contribution in [2.24, 2.45) is 0 Å². The molecule has 10 nitrogen and oxygen atoms in total. The fourth-order valence-electron chi connectivity index (χ4n) is 4.96. The molecule has 0 fully saturated rings. The molecular formula is C42H73O10P. The van der Waals surface area contributed by atoms with Gasteiger partial charge in [0.05, 0.1) is 19.8 Å². The summed E-state index contributed by atoms with van der Waals surface area (Å²) in [5, 5.41) is 18.3. The Bertz CT molecular complexity index is 1070. The fraction of sp³-hybridized carbons (Fsp3) is 0.714. The van der Waals surface area contributed by atoms with Crippen LogP contribution < -0.4 is 0 Å². The molecule has 0 aromatic heterocycles. The van der Waals surface area contributed by atoms with Crippen molar-refractivity contribution in [3.8, 4) is 0 Å². The number of carbonyl (C=O) groups excluding carboxylic acids is 2. The van der Waals surface area contributed by atoms with Crippen LogP contribution in [0.4, 0.5) is 0 Å². The van der Waals surface area contributed by atoms with Crippen LogP contribution in [0.2, 0.25) is 0 Å². The topological polar surface area (TPSA) is 149 Å². The van der Waals surface area contributed by atoms with Crippen LogP contribution in [0, 0.1) is 0 Å². The molecule has 0 aromatic rings. The van der Waals surface area contributed by atoms with E-state index < -0.39 is 51.8 Å². The lowest BCUT2D eigenvalue weighted by Crippen LogP contribution is -2.29. The number of rotatable bonds is 37. The van der Waals surface area contributed by atoms with Gasteiger partial charge in [0.2, 0.25) is 0 Å². The molecule has 0 radical (unpaired) electrons. The van der Waals surface area contributed by atoms with E-state index in [1.165, 1.54) is 38.5 Å². The number of phosphoric ester groups is 1. The summed E-state index contributed by atoms with van der Waals surface area (Å²) < 4.78 is 32.6. The molecule has 0 aromatic carbocycles. The summed E-state index contributed by atoms with van der Waals surface area (Å²) in [5.41, 5.74) is 0. The Kier molecular flexibility index (Phi) is 36.3. The minimum atomic E-state index is -4.62. The molecule has 0 rings (SSSR count). The molecule has 11 heteroatoms. The maximum atomic E-state index is 12.5. The lowest BCUT2D eigenvalue weighted by Gasteiger charge is -2.20. The Labute approximate surface area is 321 Å². The van der Waals surface area contributed by atoms with Gasteiger partial charge in [-0.3, -0.25) is 18.6 Å². The minimum absolute atomic E-state index is 0.163. The summed E-state index contributed by atoms with van der Waals surface area (Å²) >= 11 is 0.